The van der Waals surface area contributed by atoms with Gasteiger partial charge in [-0.1, -0.05) is 15.9 Å². The Hall–Kier alpha value is -0.920. The molecule has 0 amide bonds. The van der Waals surface area contributed by atoms with Crippen LogP contribution in [0.25, 0.3) is 0 Å². The van der Waals surface area contributed by atoms with Crippen LogP contribution < -0.4 is 4.74 Å². The van der Waals surface area contributed by atoms with Gasteiger partial charge in [-0.25, -0.2) is 0 Å². The van der Waals surface area contributed by atoms with Gasteiger partial charge in [0.25, 0.3) is 0 Å². The van der Waals surface area contributed by atoms with E-state index >= 15 is 0 Å². The quantitative estimate of drug-likeness (QED) is 0.565. The fraction of sp³-hybridized carbons (Fsp3) is 0.400. The Morgan fingerprint density at radius 3 is 1.94 bits per heavy atom. The van der Waals surface area contributed by atoms with Gasteiger partial charge < -0.3 is 4.74 Å². The zero-order valence-corrected chi connectivity index (χ0v) is 10.5. The highest BCUT2D eigenvalue weighted by molar-refractivity contribution is 9.08. The standard InChI is InChI=1S/C10H7BrF6O/c1-18-7-3-5(4-11)2-6(9(12,13)14)8(7)10(15,16)17/h2-3H,4H2,1H3. The molecule has 0 atom stereocenters. The molecule has 1 aromatic rings. The average Bonchev–Trinajstić information content (AvgIpc) is 2.24. The van der Waals surface area contributed by atoms with Crippen LogP contribution in [0, 0.1) is 0 Å². The summed E-state index contributed by atoms with van der Waals surface area (Å²) in [5.74, 6) is -0.841. The lowest BCUT2D eigenvalue weighted by Gasteiger charge is -2.19. The first-order valence-corrected chi connectivity index (χ1v) is 5.64. The second-order valence-corrected chi connectivity index (χ2v) is 3.91. The molecule has 0 saturated heterocycles. The molecule has 1 rings (SSSR count). The predicted octanol–water partition coefficient (Wildman–Crippen LogP) is 4.63. The van der Waals surface area contributed by atoms with E-state index in [9.17, 15) is 26.3 Å². The smallest absolute Gasteiger partial charge is 0.420 e. The van der Waals surface area contributed by atoms with E-state index in [0.29, 0.717) is 6.07 Å². The first kappa shape index (κ1) is 15.1. The van der Waals surface area contributed by atoms with Crippen LogP contribution in [0.4, 0.5) is 26.3 Å². The number of hydrogen-bond donors (Lipinski definition) is 0. The molecular formula is C10H7BrF6O. The summed E-state index contributed by atoms with van der Waals surface area (Å²) in [5.41, 5.74) is -3.50. The second-order valence-electron chi connectivity index (χ2n) is 3.35. The lowest BCUT2D eigenvalue weighted by Crippen LogP contribution is -2.18. The fourth-order valence-corrected chi connectivity index (χ4v) is 1.75. The molecule has 0 N–H and O–H groups in total. The van der Waals surface area contributed by atoms with Gasteiger partial charge in [-0.3, -0.25) is 0 Å². The summed E-state index contributed by atoms with van der Waals surface area (Å²) >= 11 is 2.89. The molecule has 102 valence electrons. The monoisotopic (exact) mass is 336 g/mol. The van der Waals surface area contributed by atoms with Crippen LogP contribution in [0.15, 0.2) is 12.1 Å². The molecule has 0 saturated carbocycles. The molecule has 1 nitrogen and oxygen atoms in total. The maximum Gasteiger partial charge on any atom is 0.420 e. The minimum atomic E-state index is -5.14. The van der Waals surface area contributed by atoms with Crippen molar-refractivity contribution in [1.82, 2.24) is 0 Å². The van der Waals surface area contributed by atoms with Gasteiger partial charge in [0, 0.05) is 5.33 Å². The Kier molecular flexibility index (Phi) is 4.19. The third-order valence-electron chi connectivity index (χ3n) is 2.13. The van der Waals surface area contributed by atoms with Gasteiger partial charge in [-0.15, -0.1) is 0 Å². The molecule has 0 aliphatic rings. The molecule has 0 spiro atoms. The van der Waals surface area contributed by atoms with Gasteiger partial charge in [0.1, 0.15) is 11.3 Å². The lowest BCUT2D eigenvalue weighted by atomic mass is 10.0. The van der Waals surface area contributed by atoms with Crippen molar-refractivity contribution in [3.05, 3.63) is 28.8 Å². The topological polar surface area (TPSA) is 9.23 Å². The average molecular weight is 337 g/mol. The number of hydrogen-bond acceptors (Lipinski definition) is 1. The Morgan fingerprint density at radius 1 is 1.06 bits per heavy atom. The van der Waals surface area contributed by atoms with Gasteiger partial charge in [0.15, 0.2) is 0 Å². The number of rotatable bonds is 2. The van der Waals surface area contributed by atoms with Crippen molar-refractivity contribution < 1.29 is 31.1 Å². The predicted molar refractivity (Wildman–Crippen MR) is 55.6 cm³/mol. The molecule has 18 heavy (non-hydrogen) atoms. The largest absolute Gasteiger partial charge is 0.496 e. The Balaban J connectivity index is 3.64. The Morgan fingerprint density at radius 2 is 1.61 bits per heavy atom. The fourth-order valence-electron chi connectivity index (χ4n) is 1.43. The van der Waals surface area contributed by atoms with E-state index in [1.165, 1.54) is 0 Å². The normalized spacial score (nSPS) is 12.7. The highest BCUT2D eigenvalue weighted by Gasteiger charge is 2.45. The van der Waals surface area contributed by atoms with E-state index in [0.717, 1.165) is 13.2 Å². The molecule has 0 unspecified atom stereocenters. The summed E-state index contributed by atoms with van der Waals surface area (Å²) in [6, 6.07) is 1.38. The van der Waals surface area contributed by atoms with Crippen LogP contribution in [-0.4, -0.2) is 7.11 Å². The van der Waals surface area contributed by atoms with Crippen molar-refractivity contribution in [2.24, 2.45) is 0 Å². The summed E-state index contributed by atoms with van der Waals surface area (Å²) < 4.78 is 80.3. The van der Waals surface area contributed by atoms with Crippen molar-refractivity contribution in [2.45, 2.75) is 17.7 Å². The first-order valence-electron chi connectivity index (χ1n) is 4.52. The number of alkyl halides is 7. The van der Waals surface area contributed by atoms with Gasteiger partial charge >= 0.3 is 12.4 Å². The van der Waals surface area contributed by atoms with E-state index in [1.807, 2.05) is 0 Å². The zero-order valence-electron chi connectivity index (χ0n) is 8.92. The van der Waals surface area contributed by atoms with Crippen molar-refractivity contribution in [1.29, 1.82) is 0 Å². The van der Waals surface area contributed by atoms with Crippen LogP contribution in [-0.2, 0) is 17.7 Å². The third-order valence-corrected chi connectivity index (χ3v) is 2.77. The highest BCUT2D eigenvalue weighted by atomic mass is 79.9. The van der Waals surface area contributed by atoms with Crippen molar-refractivity contribution in [3.63, 3.8) is 0 Å². The van der Waals surface area contributed by atoms with Crippen LogP contribution in [0.1, 0.15) is 16.7 Å². The lowest BCUT2D eigenvalue weighted by molar-refractivity contribution is -0.163. The summed E-state index contributed by atoms with van der Waals surface area (Å²) in [6.45, 7) is 0. The van der Waals surface area contributed by atoms with Crippen LogP contribution >= 0.6 is 15.9 Å². The summed E-state index contributed by atoms with van der Waals surface area (Å²) in [5, 5.41) is -0.00935. The minimum absolute atomic E-state index is 0.00935. The molecule has 0 heterocycles. The maximum atomic E-state index is 12.7. The Bertz CT molecular complexity index is 437. The molecule has 0 aromatic heterocycles. The third kappa shape index (κ3) is 3.09. The molecule has 0 aliphatic heterocycles. The van der Waals surface area contributed by atoms with E-state index in [1.54, 1.807) is 0 Å². The molecule has 0 radical (unpaired) electrons. The van der Waals surface area contributed by atoms with Crippen LogP contribution in [0.2, 0.25) is 0 Å². The van der Waals surface area contributed by atoms with Crippen molar-refractivity contribution in [3.8, 4) is 5.75 Å². The first-order chi connectivity index (χ1) is 8.11. The highest BCUT2D eigenvalue weighted by Crippen LogP contribution is 2.45. The maximum absolute atomic E-state index is 12.7. The molecular weight excluding hydrogens is 330 g/mol. The zero-order chi connectivity index (χ0) is 14.1. The number of ether oxygens (including phenoxy) is 1. The summed E-state index contributed by atoms with van der Waals surface area (Å²) in [4.78, 5) is 0. The summed E-state index contributed by atoms with van der Waals surface area (Å²) in [6.07, 6.45) is -10.2. The van der Waals surface area contributed by atoms with Crippen molar-refractivity contribution in [2.75, 3.05) is 7.11 Å². The molecule has 8 heteroatoms. The minimum Gasteiger partial charge on any atom is -0.496 e. The summed E-state index contributed by atoms with van der Waals surface area (Å²) in [7, 11) is 0.892. The van der Waals surface area contributed by atoms with Crippen molar-refractivity contribution >= 4 is 15.9 Å². The van der Waals surface area contributed by atoms with E-state index in [-0.39, 0.29) is 10.9 Å². The molecule has 0 fully saturated rings. The molecule has 0 bridgehead atoms. The number of benzene rings is 1. The second kappa shape index (κ2) is 4.99. The SMILES string of the molecule is COc1cc(CBr)cc(C(F)(F)F)c1C(F)(F)F. The van der Waals surface area contributed by atoms with E-state index < -0.39 is 29.2 Å². The van der Waals surface area contributed by atoms with Gasteiger partial charge in [0.05, 0.1) is 12.7 Å². The molecule has 1 aromatic carbocycles. The molecule has 0 aliphatic carbocycles. The number of halogens is 7. The van der Waals surface area contributed by atoms with E-state index in [2.05, 4.69) is 20.7 Å². The van der Waals surface area contributed by atoms with Crippen LogP contribution in [0.5, 0.6) is 5.75 Å². The van der Waals surface area contributed by atoms with Gasteiger partial charge in [-0.05, 0) is 17.7 Å². The van der Waals surface area contributed by atoms with Gasteiger partial charge in [0.2, 0.25) is 0 Å². The van der Waals surface area contributed by atoms with E-state index in [4.69, 9.17) is 0 Å². The van der Waals surface area contributed by atoms with Gasteiger partial charge in [-0.2, -0.15) is 26.3 Å². The number of methoxy groups -OCH3 is 1. The Labute approximate surface area is 107 Å². The van der Waals surface area contributed by atoms with Crippen LogP contribution in [0.3, 0.4) is 0 Å².